The van der Waals surface area contributed by atoms with E-state index in [0.717, 1.165) is 17.5 Å². The third kappa shape index (κ3) is 8.92. The summed E-state index contributed by atoms with van der Waals surface area (Å²) in [6, 6.07) is 17.6. The van der Waals surface area contributed by atoms with Gasteiger partial charge in [-0.3, -0.25) is 9.59 Å². The summed E-state index contributed by atoms with van der Waals surface area (Å²) in [5.41, 5.74) is 1.59. The second-order valence-electron chi connectivity index (χ2n) is 10.9. The summed E-state index contributed by atoms with van der Waals surface area (Å²) < 4.78 is 0. The Labute approximate surface area is 232 Å². The Hall–Kier alpha value is -3.19. The van der Waals surface area contributed by atoms with Crippen LogP contribution in [0.25, 0.3) is 0 Å². The molecule has 0 spiro atoms. The molecule has 0 heterocycles. The van der Waals surface area contributed by atoms with E-state index in [1.165, 1.54) is 50.5 Å². The van der Waals surface area contributed by atoms with Crippen LogP contribution >= 0.6 is 0 Å². The van der Waals surface area contributed by atoms with Crippen LogP contribution in [0, 0.1) is 5.41 Å². The number of aliphatic carboxylic acids is 1. The van der Waals surface area contributed by atoms with E-state index in [0.29, 0.717) is 24.3 Å². The molecule has 7 heteroatoms. The second-order valence-corrected chi connectivity index (χ2v) is 10.9. The number of carbonyl (C=O) groups is 3. The molecule has 212 valence electrons. The van der Waals surface area contributed by atoms with Gasteiger partial charge in [0.15, 0.2) is 0 Å². The molecule has 0 saturated heterocycles. The molecule has 1 saturated carbocycles. The maximum atomic E-state index is 13.3. The Morgan fingerprint density at radius 3 is 2.10 bits per heavy atom. The van der Waals surface area contributed by atoms with E-state index < -0.39 is 23.4 Å². The highest BCUT2D eigenvalue weighted by Gasteiger charge is 2.54. The molecule has 0 bridgehead atoms. The average Bonchev–Trinajstić information content (AvgIpc) is 3.38. The summed E-state index contributed by atoms with van der Waals surface area (Å²) in [7, 11) is 0. The predicted octanol–water partition coefficient (Wildman–Crippen LogP) is 6.44. The van der Waals surface area contributed by atoms with Crippen LogP contribution in [0.1, 0.15) is 87.8 Å². The number of amides is 2. The molecule has 3 rings (SSSR count). The van der Waals surface area contributed by atoms with Gasteiger partial charge >= 0.3 is 12.1 Å². The van der Waals surface area contributed by atoms with Gasteiger partial charge in [0.05, 0.1) is 0 Å². The lowest BCUT2D eigenvalue weighted by Gasteiger charge is -2.29. The molecule has 1 aliphatic carbocycles. The molecule has 1 aliphatic rings. The summed E-state index contributed by atoms with van der Waals surface area (Å²) in [6.07, 6.45) is 9.76. The molecular formula is C32H44N2O5. The zero-order valence-electron chi connectivity index (χ0n) is 23.2. The molecule has 2 aromatic carbocycles. The van der Waals surface area contributed by atoms with Crippen molar-refractivity contribution in [3.8, 4) is 0 Å². The molecule has 2 amide bonds. The van der Waals surface area contributed by atoms with Crippen molar-refractivity contribution in [3.05, 3.63) is 71.3 Å². The largest absolute Gasteiger partial charge is 0.480 e. The first kappa shape index (κ1) is 30.4. The van der Waals surface area contributed by atoms with Crippen molar-refractivity contribution >= 4 is 18.0 Å². The van der Waals surface area contributed by atoms with Crippen molar-refractivity contribution in [1.82, 2.24) is 10.2 Å². The fourth-order valence-electron chi connectivity index (χ4n) is 5.50. The van der Waals surface area contributed by atoms with Crippen molar-refractivity contribution in [2.24, 2.45) is 5.41 Å². The van der Waals surface area contributed by atoms with Crippen LogP contribution in [-0.4, -0.2) is 45.7 Å². The predicted molar refractivity (Wildman–Crippen MR) is 153 cm³/mol. The van der Waals surface area contributed by atoms with Crippen LogP contribution in [0.3, 0.4) is 0 Å². The number of aryl methyl sites for hydroxylation is 1. The van der Waals surface area contributed by atoms with E-state index in [4.69, 9.17) is 0 Å². The van der Waals surface area contributed by atoms with Gasteiger partial charge in [-0.05, 0) is 55.2 Å². The Bertz CT molecular complexity index is 1060. The van der Waals surface area contributed by atoms with E-state index >= 15 is 0 Å². The van der Waals surface area contributed by atoms with E-state index in [1.807, 2.05) is 30.3 Å². The minimum absolute atomic E-state index is 0.0729. The highest BCUT2D eigenvalue weighted by molar-refractivity contribution is 6.07. The number of hydrogen-bond donors (Lipinski definition) is 3. The lowest BCUT2D eigenvalue weighted by Crippen LogP contribution is -2.50. The standard InChI is InChI=1S/C32H44N2O5/c1-2-3-4-5-6-7-9-14-26-15-17-27(18-16-26)24-33-28-19-21-32(23-28,30(36)37)29(35)34(31(38)39)22-20-25-12-10-8-11-13-25/h8,10-13,15-18,28,33H,2-7,9,14,19-24H2,1H3,(H,36,37)(H,38,39). The van der Waals surface area contributed by atoms with Crippen molar-refractivity contribution in [2.45, 2.75) is 96.6 Å². The van der Waals surface area contributed by atoms with Gasteiger partial charge < -0.3 is 15.5 Å². The van der Waals surface area contributed by atoms with Crippen molar-refractivity contribution in [3.63, 3.8) is 0 Å². The number of hydrogen-bond acceptors (Lipinski definition) is 4. The van der Waals surface area contributed by atoms with Crippen molar-refractivity contribution < 1.29 is 24.6 Å². The summed E-state index contributed by atoms with van der Waals surface area (Å²) >= 11 is 0. The Morgan fingerprint density at radius 2 is 1.46 bits per heavy atom. The lowest BCUT2D eigenvalue weighted by molar-refractivity contribution is -0.159. The Balaban J connectivity index is 1.50. The average molecular weight is 537 g/mol. The maximum Gasteiger partial charge on any atom is 0.414 e. The fourth-order valence-corrected chi connectivity index (χ4v) is 5.50. The summed E-state index contributed by atoms with van der Waals surface area (Å²) in [6.45, 7) is 2.74. The molecule has 7 nitrogen and oxygen atoms in total. The van der Waals surface area contributed by atoms with Gasteiger partial charge in [0.25, 0.3) is 0 Å². The van der Waals surface area contributed by atoms with Crippen LogP contribution in [0.15, 0.2) is 54.6 Å². The van der Waals surface area contributed by atoms with Crippen LogP contribution in [0.2, 0.25) is 0 Å². The number of nitrogens with zero attached hydrogens (tertiary/aromatic N) is 1. The van der Waals surface area contributed by atoms with E-state index in [1.54, 1.807) is 0 Å². The van der Waals surface area contributed by atoms with Gasteiger partial charge in [-0.25, -0.2) is 9.69 Å². The third-order valence-corrected chi connectivity index (χ3v) is 7.96. The van der Waals surface area contributed by atoms with Gasteiger partial charge in [0.2, 0.25) is 5.91 Å². The first-order valence-electron chi connectivity index (χ1n) is 14.5. The summed E-state index contributed by atoms with van der Waals surface area (Å²) in [5.74, 6) is -2.09. The van der Waals surface area contributed by atoms with Gasteiger partial charge in [0.1, 0.15) is 5.41 Å². The van der Waals surface area contributed by atoms with E-state index in [-0.39, 0.29) is 25.4 Å². The van der Waals surface area contributed by atoms with E-state index in [2.05, 4.69) is 36.5 Å². The van der Waals surface area contributed by atoms with Gasteiger partial charge in [-0.15, -0.1) is 0 Å². The number of carboxylic acid groups (broad SMARTS) is 2. The van der Waals surface area contributed by atoms with E-state index in [9.17, 15) is 24.6 Å². The summed E-state index contributed by atoms with van der Waals surface area (Å²) in [4.78, 5) is 38.3. The molecule has 1 fully saturated rings. The number of unbranched alkanes of at least 4 members (excludes halogenated alkanes) is 6. The quantitative estimate of drug-likeness (QED) is 0.168. The van der Waals surface area contributed by atoms with Crippen LogP contribution in [0.5, 0.6) is 0 Å². The minimum Gasteiger partial charge on any atom is -0.480 e. The molecule has 3 N–H and O–H groups in total. The smallest absolute Gasteiger partial charge is 0.414 e. The second kappa shape index (κ2) is 15.4. The summed E-state index contributed by atoms with van der Waals surface area (Å²) in [5, 5.41) is 23.2. The van der Waals surface area contributed by atoms with Crippen LogP contribution in [-0.2, 0) is 29.0 Å². The lowest BCUT2D eigenvalue weighted by atomic mass is 9.84. The highest BCUT2D eigenvalue weighted by Crippen LogP contribution is 2.40. The van der Waals surface area contributed by atoms with Crippen LogP contribution in [0.4, 0.5) is 4.79 Å². The number of rotatable bonds is 16. The molecule has 0 radical (unpaired) electrons. The SMILES string of the molecule is CCCCCCCCCc1ccc(CNC2CCC(C(=O)O)(C(=O)N(CCc3ccccc3)C(=O)O)C2)cc1. The number of benzene rings is 2. The fraction of sp³-hybridized carbons (Fsp3) is 0.531. The zero-order valence-corrected chi connectivity index (χ0v) is 23.2. The Kier molecular flexibility index (Phi) is 12.0. The van der Waals surface area contributed by atoms with Crippen LogP contribution < -0.4 is 5.32 Å². The highest BCUT2D eigenvalue weighted by atomic mass is 16.4. The topological polar surface area (TPSA) is 107 Å². The number of carbonyl (C=O) groups excluding carboxylic acids is 1. The third-order valence-electron chi connectivity index (χ3n) is 7.96. The first-order chi connectivity index (χ1) is 18.9. The molecule has 0 aromatic heterocycles. The maximum absolute atomic E-state index is 13.3. The minimum atomic E-state index is -1.73. The van der Waals surface area contributed by atoms with Crippen molar-refractivity contribution in [2.75, 3.05) is 6.54 Å². The molecule has 2 aromatic rings. The van der Waals surface area contributed by atoms with Gasteiger partial charge in [0, 0.05) is 19.1 Å². The monoisotopic (exact) mass is 536 g/mol. The zero-order chi connectivity index (χ0) is 28.1. The number of imide groups is 1. The van der Waals surface area contributed by atoms with Gasteiger partial charge in [-0.2, -0.15) is 0 Å². The normalized spacial score (nSPS) is 18.6. The Morgan fingerprint density at radius 1 is 0.846 bits per heavy atom. The molecule has 39 heavy (non-hydrogen) atoms. The molecule has 0 aliphatic heterocycles. The molecule has 2 unspecified atom stereocenters. The molecular weight excluding hydrogens is 492 g/mol. The van der Waals surface area contributed by atoms with Crippen molar-refractivity contribution in [1.29, 1.82) is 0 Å². The van der Waals surface area contributed by atoms with Gasteiger partial charge in [-0.1, -0.05) is 100 Å². The number of carboxylic acids is 1. The first-order valence-corrected chi connectivity index (χ1v) is 14.5. The molecule has 2 atom stereocenters. The number of nitrogens with one attached hydrogen (secondary N) is 1.